The van der Waals surface area contributed by atoms with Crippen LogP contribution >= 0.6 is 11.3 Å². The van der Waals surface area contributed by atoms with Crippen molar-refractivity contribution in [3.8, 4) is 0 Å². The SMILES string of the molecule is CC(=Cc1csc(C)n1)C1(C)OC(=O)CCCC(=O)CCCCNCC2OC2(C)C1(C)C. The van der Waals surface area contributed by atoms with Crippen molar-refractivity contribution >= 4 is 29.2 Å². The van der Waals surface area contributed by atoms with Gasteiger partial charge >= 0.3 is 5.97 Å². The molecule has 7 heteroatoms. The number of ether oxygens (including phenoxy) is 2. The van der Waals surface area contributed by atoms with Crippen molar-refractivity contribution in [3.05, 3.63) is 21.7 Å². The second-order valence-electron chi connectivity index (χ2n) is 10.0. The summed E-state index contributed by atoms with van der Waals surface area (Å²) in [5.74, 6) is -0.0531. The number of ketones is 1. The predicted octanol–water partition coefficient (Wildman–Crippen LogP) is 4.85. The molecular formula is C25H38N2O4S. The summed E-state index contributed by atoms with van der Waals surface area (Å²) in [6.45, 7) is 13.9. The molecule has 32 heavy (non-hydrogen) atoms. The molecule has 0 amide bonds. The maximum atomic E-state index is 12.9. The average molecular weight is 463 g/mol. The molecule has 2 fully saturated rings. The molecule has 3 heterocycles. The Morgan fingerprint density at radius 3 is 2.56 bits per heavy atom. The van der Waals surface area contributed by atoms with Crippen LogP contribution in [0.4, 0.5) is 0 Å². The van der Waals surface area contributed by atoms with E-state index in [1.54, 1.807) is 11.3 Å². The van der Waals surface area contributed by atoms with Gasteiger partial charge in [-0.25, -0.2) is 4.98 Å². The molecule has 0 radical (unpaired) electrons. The molecule has 6 nitrogen and oxygen atoms in total. The van der Waals surface area contributed by atoms with Crippen LogP contribution < -0.4 is 5.32 Å². The van der Waals surface area contributed by atoms with Gasteiger partial charge in [0.1, 0.15) is 23.1 Å². The zero-order valence-electron chi connectivity index (χ0n) is 20.4. The lowest BCUT2D eigenvalue weighted by Gasteiger charge is -2.47. The van der Waals surface area contributed by atoms with Crippen molar-refractivity contribution in [2.75, 3.05) is 13.1 Å². The molecule has 0 aromatic carbocycles. The Hall–Kier alpha value is -1.57. The smallest absolute Gasteiger partial charge is 0.306 e. The third-order valence-electron chi connectivity index (χ3n) is 7.67. The number of nitrogens with zero attached hydrogens (tertiary/aromatic N) is 1. The lowest BCUT2D eigenvalue weighted by atomic mass is 9.63. The molecule has 2 saturated heterocycles. The highest BCUT2D eigenvalue weighted by atomic mass is 32.1. The van der Waals surface area contributed by atoms with Gasteiger partial charge in [0.05, 0.1) is 10.7 Å². The Labute approximate surface area is 196 Å². The molecule has 178 valence electrons. The van der Waals surface area contributed by atoms with E-state index in [4.69, 9.17) is 9.47 Å². The van der Waals surface area contributed by atoms with Gasteiger partial charge in [0.2, 0.25) is 0 Å². The average Bonchev–Trinajstić information content (AvgIpc) is 3.22. The van der Waals surface area contributed by atoms with Crippen molar-refractivity contribution in [2.45, 2.75) is 97.4 Å². The van der Waals surface area contributed by atoms with E-state index in [2.05, 4.69) is 31.1 Å². The normalized spacial score (nSPS) is 32.8. The number of hydrogen-bond acceptors (Lipinski definition) is 7. The third kappa shape index (κ3) is 5.15. The summed E-state index contributed by atoms with van der Waals surface area (Å²) in [6, 6.07) is 0. The number of hydrogen-bond donors (Lipinski definition) is 1. The van der Waals surface area contributed by atoms with E-state index in [0.717, 1.165) is 42.2 Å². The highest BCUT2D eigenvalue weighted by Gasteiger charge is 2.68. The largest absolute Gasteiger partial charge is 0.454 e. The number of rotatable bonds is 2. The van der Waals surface area contributed by atoms with Crippen molar-refractivity contribution in [3.63, 3.8) is 0 Å². The quantitative estimate of drug-likeness (QED) is 0.500. The molecule has 0 aliphatic carbocycles. The maximum absolute atomic E-state index is 12.9. The fourth-order valence-corrected chi connectivity index (χ4v) is 5.24. The molecule has 0 spiro atoms. The molecule has 3 atom stereocenters. The first-order valence-corrected chi connectivity index (χ1v) is 12.6. The Balaban J connectivity index is 1.91. The second kappa shape index (κ2) is 9.74. The van der Waals surface area contributed by atoms with E-state index in [0.29, 0.717) is 19.3 Å². The van der Waals surface area contributed by atoms with E-state index < -0.39 is 16.6 Å². The fourth-order valence-electron chi connectivity index (χ4n) is 4.67. The monoisotopic (exact) mass is 462 g/mol. The lowest BCUT2D eigenvalue weighted by Crippen LogP contribution is -2.55. The first kappa shape index (κ1) is 25.1. The minimum absolute atomic E-state index is 0.0411. The number of aromatic nitrogens is 1. The van der Waals surface area contributed by atoms with E-state index in [9.17, 15) is 9.59 Å². The van der Waals surface area contributed by atoms with Gasteiger partial charge < -0.3 is 14.8 Å². The highest BCUT2D eigenvalue weighted by molar-refractivity contribution is 7.09. The molecule has 1 aromatic rings. The molecule has 3 unspecified atom stereocenters. The number of carbonyl (C=O) groups excluding carboxylic acids is 2. The second-order valence-corrected chi connectivity index (χ2v) is 11.1. The fraction of sp³-hybridized carbons (Fsp3) is 0.720. The van der Waals surface area contributed by atoms with Gasteiger partial charge in [-0.15, -0.1) is 11.3 Å². The van der Waals surface area contributed by atoms with Crippen molar-refractivity contribution in [2.24, 2.45) is 5.41 Å². The number of cyclic esters (lactones) is 1. The van der Waals surface area contributed by atoms with Gasteiger partial charge in [0, 0.05) is 36.6 Å². The summed E-state index contributed by atoms with van der Waals surface area (Å²) in [4.78, 5) is 29.6. The number of thiazole rings is 1. The third-order valence-corrected chi connectivity index (χ3v) is 8.47. The summed E-state index contributed by atoms with van der Waals surface area (Å²) in [5, 5.41) is 6.49. The number of aryl methyl sites for hydroxylation is 1. The van der Waals surface area contributed by atoms with Crippen LogP contribution in [0.25, 0.3) is 6.08 Å². The summed E-state index contributed by atoms with van der Waals surface area (Å²) in [6.07, 6.45) is 5.67. The van der Waals surface area contributed by atoms with Crippen LogP contribution in [0.2, 0.25) is 0 Å². The van der Waals surface area contributed by atoms with Gasteiger partial charge in [0.15, 0.2) is 0 Å². The number of epoxide rings is 1. The Morgan fingerprint density at radius 2 is 1.88 bits per heavy atom. The zero-order chi connectivity index (χ0) is 23.6. The number of carbonyl (C=O) groups is 2. The molecule has 1 aromatic heterocycles. The van der Waals surface area contributed by atoms with Crippen LogP contribution in [0.5, 0.6) is 0 Å². The lowest BCUT2D eigenvalue weighted by molar-refractivity contribution is -0.170. The van der Waals surface area contributed by atoms with Gasteiger partial charge in [0.25, 0.3) is 0 Å². The standard InChI is InChI=1S/C25H38N2O4S/c1-17(14-19-16-32-18(2)27-19)24(5)23(3,4)25(6)21(30-25)15-26-13-8-7-10-20(28)11-9-12-22(29)31-24/h14,16,21,26H,7-13,15H2,1-6H3. The van der Waals surface area contributed by atoms with Gasteiger partial charge in [-0.2, -0.15) is 0 Å². The number of fused-ring (bicyclic) bond motifs is 1. The molecule has 1 N–H and O–H groups in total. The minimum atomic E-state index is -0.897. The van der Waals surface area contributed by atoms with Crippen LogP contribution in [0.1, 0.15) is 83.8 Å². The van der Waals surface area contributed by atoms with Crippen molar-refractivity contribution in [1.29, 1.82) is 0 Å². The molecular weight excluding hydrogens is 424 g/mol. The minimum Gasteiger partial charge on any atom is -0.454 e. The molecule has 3 rings (SSSR count). The van der Waals surface area contributed by atoms with Gasteiger partial charge in [-0.3, -0.25) is 9.59 Å². The van der Waals surface area contributed by atoms with E-state index >= 15 is 0 Å². The Bertz CT molecular complexity index is 877. The van der Waals surface area contributed by atoms with Crippen LogP contribution in [0, 0.1) is 12.3 Å². The summed E-state index contributed by atoms with van der Waals surface area (Å²) >= 11 is 1.60. The van der Waals surface area contributed by atoms with Crippen LogP contribution in [-0.2, 0) is 19.1 Å². The summed E-state index contributed by atoms with van der Waals surface area (Å²) in [5.41, 5.74) is -0.0281. The topological polar surface area (TPSA) is 80.8 Å². The van der Waals surface area contributed by atoms with Crippen molar-refractivity contribution < 1.29 is 19.1 Å². The number of nitrogens with one attached hydrogen (secondary N) is 1. The molecule has 0 bridgehead atoms. The Morgan fingerprint density at radius 1 is 1.16 bits per heavy atom. The predicted molar refractivity (Wildman–Crippen MR) is 128 cm³/mol. The summed E-state index contributed by atoms with van der Waals surface area (Å²) in [7, 11) is 0. The molecule has 2 aliphatic rings. The zero-order valence-corrected chi connectivity index (χ0v) is 21.2. The van der Waals surface area contributed by atoms with Crippen molar-refractivity contribution in [1.82, 2.24) is 10.3 Å². The van der Waals surface area contributed by atoms with Crippen LogP contribution in [-0.4, -0.2) is 47.1 Å². The molecule has 2 aliphatic heterocycles. The van der Waals surface area contributed by atoms with E-state index in [1.807, 2.05) is 32.2 Å². The molecule has 0 saturated carbocycles. The first-order valence-electron chi connectivity index (χ1n) is 11.7. The maximum Gasteiger partial charge on any atom is 0.306 e. The first-order chi connectivity index (χ1) is 15.0. The van der Waals surface area contributed by atoms with Gasteiger partial charge in [-0.1, -0.05) is 13.8 Å². The van der Waals surface area contributed by atoms with Gasteiger partial charge in [-0.05, 0) is 65.2 Å². The number of esters is 1. The van der Waals surface area contributed by atoms with E-state index in [1.165, 1.54) is 0 Å². The highest BCUT2D eigenvalue weighted by Crippen LogP contribution is 2.58. The Kier molecular flexibility index (Phi) is 7.62. The van der Waals surface area contributed by atoms with E-state index in [-0.39, 0.29) is 24.3 Å². The van der Waals surface area contributed by atoms with Crippen LogP contribution in [0.3, 0.4) is 0 Å². The summed E-state index contributed by atoms with van der Waals surface area (Å²) < 4.78 is 12.5. The number of Topliss-reactive ketones (excluding diaryl/α,β-unsaturated/α-hetero) is 1. The van der Waals surface area contributed by atoms with Crippen LogP contribution in [0.15, 0.2) is 11.0 Å².